The molecule has 0 saturated carbocycles. The molecule has 1 fully saturated rings. The molecule has 3 rings (SSSR count). The van der Waals surface area contributed by atoms with Crippen LogP contribution >= 0.6 is 24.0 Å². The first-order valence-corrected chi connectivity index (χ1v) is 11.2. The topological polar surface area (TPSA) is 58.1 Å². The fourth-order valence-electron chi connectivity index (χ4n) is 4.00. The molecule has 2 aromatic carbocycles. The zero-order valence-electron chi connectivity index (χ0n) is 19.5. The molecule has 0 spiro atoms. The summed E-state index contributed by atoms with van der Waals surface area (Å²) in [6.45, 7) is 4.83. The van der Waals surface area contributed by atoms with Crippen LogP contribution < -0.4 is 20.1 Å². The van der Waals surface area contributed by atoms with Gasteiger partial charge in [-0.15, -0.1) is 24.0 Å². The number of hydrogen-bond acceptors (Lipinski definition) is 4. The lowest BCUT2D eigenvalue weighted by Crippen LogP contribution is -2.36. The summed E-state index contributed by atoms with van der Waals surface area (Å²) < 4.78 is 10.7. The molecule has 0 aliphatic carbocycles. The third kappa shape index (κ3) is 7.85. The Hall–Kier alpha value is -2.00. The van der Waals surface area contributed by atoms with Crippen molar-refractivity contribution < 1.29 is 9.47 Å². The Labute approximate surface area is 209 Å². The third-order valence-electron chi connectivity index (χ3n) is 5.79. The molecule has 0 amide bonds. The molecule has 1 saturated heterocycles. The minimum atomic E-state index is 0. The number of likely N-dealkylation sites (tertiary alicyclic amines) is 1. The lowest BCUT2D eigenvalue weighted by atomic mass is 10.1. The van der Waals surface area contributed by atoms with Crippen LogP contribution in [0.25, 0.3) is 0 Å². The van der Waals surface area contributed by atoms with E-state index in [9.17, 15) is 0 Å². The maximum Gasteiger partial charge on any atom is 0.191 e. The molecule has 0 unspecified atom stereocenters. The third-order valence-corrected chi connectivity index (χ3v) is 5.79. The van der Waals surface area contributed by atoms with E-state index in [-0.39, 0.29) is 24.0 Å². The number of guanidine groups is 1. The van der Waals surface area contributed by atoms with Gasteiger partial charge in [-0.05, 0) is 54.8 Å². The van der Waals surface area contributed by atoms with E-state index in [1.807, 2.05) is 18.2 Å². The van der Waals surface area contributed by atoms with Gasteiger partial charge in [0.1, 0.15) is 0 Å². The van der Waals surface area contributed by atoms with Crippen LogP contribution in [-0.4, -0.2) is 45.2 Å². The van der Waals surface area contributed by atoms with E-state index in [4.69, 9.17) is 9.47 Å². The van der Waals surface area contributed by atoms with Gasteiger partial charge < -0.3 is 20.1 Å². The van der Waals surface area contributed by atoms with Crippen molar-refractivity contribution in [2.24, 2.45) is 4.99 Å². The monoisotopic (exact) mass is 552 g/mol. The second kappa shape index (κ2) is 14.2. The van der Waals surface area contributed by atoms with Gasteiger partial charge in [-0.1, -0.05) is 43.2 Å². The Morgan fingerprint density at radius 1 is 0.875 bits per heavy atom. The summed E-state index contributed by atoms with van der Waals surface area (Å²) in [6, 6.07) is 14.6. The van der Waals surface area contributed by atoms with E-state index in [1.165, 1.54) is 49.9 Å². The summed E-state index contributed by atoms with van der Waals surface area (Å²) >= 11 is 0. The quantitative estimate of drug-likeness (QED) is 0.286. The molecule has 176 valence electrons. The second-order valence-corrected chi connectivity index (χ2v) is 7.93. The number of nitrogens with one attached hydrogen (secondary N) is 2. The number of rotatable bonds is 8. The molecule has 1 aliphatic heterocycles. The molecule has 6 nitrogen and oxygen atoms in total. The van der Waals surface area contributed by atoms with Gasteiger partial charge in [0, 0.05) is 26.7 Å². The second-order valence-electron chi connectivity index (χ2n) is 7.93. The fourth-order valence-corrected chi connectivity index (χ4v) is 4.00. The van der Waals surface area contributed by atoms with Gasteiger partial charge in [-0.2, -0.15) is 0 Å². The highest BCUT2D eigenvalue weighted by atomic mass is 127. The highest BCUT2D eigenvalue weighted by Gasteiger charge is 2.12. The summed E-state index contributed by atoms with van der Waals surface area (Å²) in [5, 5.41) is 6.85. The largest absolute Gasteiger partial charge is 0.493 e. The number of benzene rings is 2. The summed E-state index contributed by atoms with van der Waals surface area (Å²) in [6.07, 6.45) is 5.35. The highest BCUT2D eigenvalue weighted by Crippen LogP contribution is 2.27. The number of aliphatic imine (C=N–C) groups is 1. The zero-order chi connectivity index (χ0) is 21.9. The Morgan fingerprint density at radius 3 is 2.19 bits per heavy atom. The van der Waals surface area contributed by atoms with Gasteiger partial charge in [0.2, 0.25) is 0 Å². The van der Waals surface area contributed by atoms with Crippen molar-refractivity contribution in [1.29, 1.82) is 0 Å². The smallest absolute Gasteiger partial charge is 0.191 e. The van der Waals surface area contributed by atoms with E-state index in [2.05, 4.69) is 44.8 Å². The van der Waals surface area contributed by atoms with E-state index in [1.54, 1.807) is 21.3 Å². The predicted octanol–water partition coefficient (Wildman–Crippen LogP) is 4.56. The fraction of sp³-hybridized carbons (Fsp3) is 0.480. The molecule has 0 radical (unpaired) electrons. The summed E-state index contributed by atoms with van der Waals surface area (Å²) in [7, 11) is 5.10. The summed E-state index contributed by atoms with van der Waals surface area (Å²) in [5.74, 6) is 2.24. The maximum atomic E-state index is 5.40. The highest BCUT2D eigenvalue weighted by molar-refractivity contribution is 14.0. The van der Waals surface area contributed by atoms with Crippen LogP contribution in [0, 0.1) is 0 Å². The van der Waals surface area contributed by atoms with Gasteiger partial charge in [0.15, 0.2) is 17.5 Å². The van der Waals surface area contributed by atoms with Gasteiger partial charge in [0.05, 0.1) is 14.2 Å². The van der Waals surface area contributed by atoms with Crippen molar-refractivity contribution in [3.63, 3.8) is 0 Å². The van der Waals surface area contributed by atoms with Gasteiger partial charge in [0.25, 0.3) is 0 Å². The first kappa shape index (κ1) is 26.3. The normalized spacial score (nSPS) is 14.8. The molecule has 0 aromatic heterocycles. The van der Waals surface area contributed by atoms with Crippen LogP contribution in [0.3, 0.4) is 0 Å². The van der Waals surface area contributed by atoms with Crippen molar-refractivity contribution in [3.8, 4) is 11.5 Å². The van der Waals surface area contributed by atoms with Gasteiger partial charge >= 0.3 is 0 Å². The molecule has 0 bridgehead atoms. The van der Waals surface area contributed by atoms with E-state index in [0.29, 0.717) is 6.54 Å². The van der Waals surface area contributed by atoms with E-state index < -0.39 is 0 Å². The van der Waals surface area contributed by atoms with Crippen molar-refractivity contribution in [1.82, 2.24) is 15.5 Å². The number of nitrogens with zero attached hydrogens (tertiary/aromatic N) is 2. The lowest BCUT2D eigenvalue weighted by molar-refractivity contribution is 0.276. The molecule has 2 N–H and O–H groups in total. The first-order valence-electron chi connectivity index (χ1n) is 11.2. The summed E-state index contributed by atoms with van der Waals surface area (Å²) in [4.78, 5) is 6.97. The van der Waals surface area contributed by atoms with Crippen LogP contribution in [0.4, 0.5) is 0 Å². The molecule has 32 heavy (non-hydrogen) atoms. The maximum absolute atomic E-state index is 5.40. The first-order chi connectivity index (χ1) is 15.2. The van der Waals surface area contributed by atoms with Crippen molar-refractivity contribution >= 4 is 29.9 Å². The minimum Gasteiger partial charge on any atom is -0.493 e. The standard InChI is InChI=1S/C25H36N4O2.HI/c1-26-25(27-17-20-12-13-23(30-2)24(16-20)31-3)28-18-21-10-6-7-11-22(21)19-29-14-8-4-5-9-15-29;/h6-7,10-13,16H,4-5,8-9,14-15,17-19H2,1-3H3,(H2,26,27,28);1H. The summed E-state index contributed by atoms with van der Waals surface area (Å²) in [5.41, 5.74) is 3.82. The molecule has 0 atom stereocenters. The minimum absolute atomic E-state index is 0. The Bertz CT molecular complexity index is 852. The van der Waals surface area contributed by atoms with Crippen LogP contribution in [0.2, 0.25) is 0 Å². The Morgan fingerprint density at radius 2 is 1.53 bits per heavy atom. The molecule has 7 heteroatoms. The van der Waals surface area contributed by atoms with Crippen LogP contribution in [0.5, 0.6) is 11.5 Å². The SMILES string of the molecule is CN=C(NCc1ccc(OC)c(OC)c1)NCc1ccccc1CN1CCCCCC1.I. The lowest BCUT2D eigenvalue weighted by Gasteiger charge is -2.22. The van der Waals surface area contributed by atoms with Gasteiger partial charge in [-0.3, -0.25) is 9.89 Å². The van der Waals surface area contributed by atoms with Crippen molar-refractivity contribution in [3.05, 3.63) is 59.2 Å². The molecule has 2 aromatic rings. The predicted molar refractivity (Wildman–Crippen MR) is 142 cm³/mol. The van der Waals surface area contributed by atoms with Crippen LogP contribution in [0.15, 0.2) is 47.5 Å². The van der Waals surface area contributed by atoms with E-state index >= 15 is 0 Å². The van der Waals surface area contributed by atoms with Crippen LogP contribution in [0.1, 0.15) is 42.4 Å². The Kier molecular flexibility index (Phi) is 11.7. The molecule has 1 aliphatic rings. The van der Waals surface area contributed by atoms with E-state index in [0.717, 1.165) is 36.1 Å². The number of hydrogen-bond donors (Lipinski definition) is 2. The number of ether oxygens (including phenoxy) is 2. The van der Waals surface area contributed by atoms with Crippen molar-refractivity contribution in [2.45, 2.75) is 45.3 Å². The molecule has 1 heterocycles. The average molecular weight is 553 g/mol. The number of halogens is 1. The zero-order valence-corrected chi connectivity index (χ0v) is 21.9. The number of methoxy groups -OCH3 is 2. The Balaban J connectivity index is 0.00000363. The average Bonchev–Trinajstić information content (AvgIpc) is 3.08. The van der Waals surface area contributed by atoms with Crippen LogP contribution in [-0.2, 0) is 19.6 Å². The molecular weight excluding hydrogens is 515 g/mol. The van der Waals surface area contributed by atoms with Gasteiger partial charge in [-0.25, -0.2) is 0 Å². The van der Waals surface area contributed by atoms with Crippen molar-refractivity contribution in [2.75, 3.05) is 34.4 Å². The molecular formula is C25H37IN4O2.